The SMILES string of the molecule is CC(=O)O[C@H]1C[C@]2(C)C(=CC[C@H]2c2ccoc2)[C@@]2(C)[C@H]1[C@@]1(C)C=CC(=O)C(C)(C)[C@@H]1C[C@H]2OC(C)=O. The van der Waals surface area contributed by atoms with E-state index in [9.17, 15) is 14.4 Å². The van der Waals surface area contributed by atoms with E-state index in [1.807, 2.05) is 26.2 Å². The molecule has 1 heterocycles. The molecule has 6 heteroatoms. The van der Waals surface area contributed by atoms with Gasteiger partial charge in [-0.05, 0) is 59.6 Å². The van der Waals surface area contributed by atoms with Gasteiger partial charge in [0.15, 0.2) is 5.78 Å². The van der Waals surface area contributed by atoms with Crippen LogP contribution >= 0.6 is 0 Å². The van der Waals surface area contributed by atoms with Gasteiger partial charge in [0, 0.05) is 30.6 Å². The van der Waals surface area contributed by atoms with Gasteiger partial charge in [-0.25, -0.2) is 0 Å². The van der Waals surface area contributed by atoms with Crippen molar-refractivity contribution in [2.24, 2.45) is 33.5 Å². The van der Waals surface area contributed by atoms with Crippen LogP contribution < -0.4 is 0 Å². The Morgan fingerprint density at radius 3 is 2.36 bits per heavy atom. The van der Waals surface area contributed by atoms with Crippen molar-refractivity contribution in [3.8, 4) is 0 Å². The van der Waals surface area contributed by atoms with E-state index >= 15 is 0 Å². The summed E-state index contributed by atoms with van der Waals surface area (Å²) in [4.78, 5) is 38.0. The molecular weight excluding hydrogens is 456 g/mol. The second kappa shape index (κ2) is 7.93. The van der Waals surface area contributed by atoms with E-state index in [1.54, 1.807) is 12.3 Å². The molecule has 0 saturated heterocycles. The highest BCUT2D eigenvalue weighted by Gasteiger charge is 2.71. The average molecular weight is 495 g/mol. The highest BCUT2D eigenvalue weighted by molar-refractivity contribution is 5.95. The first kappa shape index (κ1) is 25.0. The van der Waals surface area contributed by atoms with Crippen LogP contribution in [0.25, 0.3) is 0 Å². The summed E-state index contributed by atoms with van der Waals surface area (Å²) < 4.78 is 17.8. The van der Waals surface area contributed by atoms with E-state index in [-0.39, 0.29) is 40.9 Å². The molecule has 4 aliphatic rings. The summed E-state index contributed by atoms with van der Waals surface area (Å²) in [6, 6.07) is 2.02. The zero-order chi connectivity index (χ0) is 26.3. The summed E-state index contributed by atoms with van der Waals surface area (Å²) in [7, 11) is 0. The van der Waals surface area contributed by atoms with Crippen LogP contribution in [0.15, 0.2) is 46.8 Å². The molecule has 2 fully saturated rings. The zero-order valence-corrected chi connectivity index (χ0v) is 22.4. The maximum atomic E-state index is 13.0. The van der Waals surface area contributed by atoms with Crippen LogP contribution in [0.3, 0.4) is 0 Å². The number of fused-ring (bicyclic) bond motifs is 5. The lowest BCUT2D eigenvalue weighted by atomic mass is 9.38. The number of rotatable bonds is 3. The van der Waals surface area contributed by atoms with Gasteiger partial charge in [-0.2, -0.15) is 0 Å². The Kier molecular flexibility index (Phi) is 5.52. The molecule has 0 amide bonds. The fourth-order valence-electron chi connectivity index (χ4n) is 9.05. The third kappa shape index (κ3) is 3.25. The van der Waals surface area contributed by atoms with Gasteiger partial charge in [-0.1, -0.05) is 52.3 Å². The molecule has 0 radical (unpaired) electrons. The van der Waals surface area contributed by atoms with Gasteiger partial charge in [0.1, 0.15) is 12.2 Å². The molecule has 2 saturated carbocycles. The van der Waals surface area contributed by atoms with Crippen molar-refractivity contribution in [3.63, 3.8) is 0 Å². The first-order valence-electron chi connectivity index (χ1n) is 13.1. The summed E-state index contributed by atoms with van der Waals surface area (Å²) in [5.41, 5.74) is 0.445. The van der Waals surface area contributed by atoms with Crippen molar-refractivity contribution < 1.29 is 28.3 Å². The number of furan rings is 1. The lowest BCUT2D eigenvalue weighted by Gasteiger charge is -2.67. The number of hydrogen-bond donors (Lipinski definition) is 0. The molecule has 4 aliphatic carbocycles. The van der Waals surface area contributed by atoms with E-state index < -0.39 is 28.5 Å². The minimum Gasteiger partial charge on any atom is -0.472 e. The van der Waals surface area contributed by atoms with Gasteiger partial charge in [0.25, 0.3) is 0 Å². The van der Waals surface area contributed by atoms with Crippen molar-refractivity contribution in [2.75, 3.05) is 0 Å². The van der Waals surface area contributed by atoms with Crippen LogP contribution in [0.1, 0.15) is 79.2 Å². The number of allylic oxidation sites excluding steroid dienone is 3. The highest BCUT2D eigenvalue weighted by atomic mass is 16.6. The number of esters is 2. The van der Waals surface area contributed by atoms with Gasteiger partial charge in [0.2, 0.25) is 0 Å². The number of ether oxygens (including phenoxy) is 2. The summed E-state index contributed by atoms with van der Waals surface area (Å²) in [5.74, 6) is -0.631. The lowest BCUT2D eigenvalue weighted by Crippen LogP contribution is -2.68. The Morgan fingerprint density at radius 2 is 1.75 bits per heavy atom. The number of ketones is 1. The van der Waals surface area contributed by atoms with Crippen LogP contribution in [-0.4, -0.2) is 29.9 Å². The molecule has 0 aromatic carbocycles. The molecule has 194 valence electrons. The van der Waals surface area contributed by atoms with Crippen molar-refractivity contribution in [1.29, 1.82) is 0 Å². The summed E-state index contributed by atoms with van der Waals surface area (Å²) >= 11 is 0. The minimum absolute atomic E-state index is 0.0704. The maximum absolute atomic E-state index is 13.0. The molecule has 36 heavy (non-hydrogen) atoms. The first-order chi connectivity index (χ1) is 16.8. The molecule has 8 atom stereocenters. The smallest absolute Gasteiger partial charge is 0.302 e. The van der Waals surface area contributed by atoms with E-state index in [1.165, 1.54) is 19.4 Å². The van der Waals surface area contributed by atoms with Crippen molar-refractivity contribution in [1.82, 2.24) is 0 Å². The van der Waals surface area contributed by atoms with Gasteiger partial charge < -0.3 is 13.9 Å². The van der Waals surface area contributed by atoms with Crippen LogP contribution in [-0.2, 0) is 23.9 Å². The molecule has 1 aromatic rings. The van der Waals surface area contributed by atoms with Crippen molar-refractivity contribution in [2.45, 2.75) is 85.9 Å². The second-order valence-corrected chi connectivity index (χ2v) is 12.7. The predicted molar refractivity (Wildman–Crippen MR) is 134 cm³/mol. The fourth-order valence-corrected chi connectivity index (χ4v) is 9.05. The molecule has 5 rings (SSSR count). The van der Waals surface area contributed by atoms with Crippen molar-refractivity contribution >= 4 is 17.7 Å². The fraction of sp³-hybridized carbons (Fsp3) is 0.633. The Bertz CT molecular complexity index is 1160. The van der Waals surface area contributed by atoms with Crippen LogP contribution in [0.4, 0.5) is 0 Å². The van der Waals surface area contributed by atoms with Crippen LogP contribution in [0.2, 0.25) is 0 Å². The number of carbonyl (C=O) groups is 3. The van der Waals surface area contributed by atoms with E-state index in [2.05, 4.69) is 32.9 Å². The third-order valence-corrected chi connectivity index (χ3v) is 10.4. The Balaban J connectivity index is 1.73. The van der Waals surface area contributed by atoms with Crippen LogP contribution in [0, 0.1) is 33.5 Å². The average Bonchev–Trinajstić information content (AvgIpc) is 3.39. The van der Waals surface area contributed by atoms with Gasteiger partial charge in [0.05, 0.1) is 12.5 Å². The van der Waals surface area contributed by atoms with Gasteiger partial charge in [-0.15, -0.1) is 0 Å². The minimum atomic E-state index is -0.631. The standard InChI is InChI=1S/C30H38O6/c1-17(31)35-21-15-29(6)20(19-11-13-34-16-19)8-9-22(29)30(7)25(36-18(2)32)14-23-27(3,4)24(33)10-12-28(23,5)26(21)30/h9-13,16,20-21,23,25-26H,8,14-15H2,1-7H3/t20-,21-,23-,25+,26+,28-,29-,30+/m0/s1. The molecule has 0 spiro atoms. The zero-order valence-electron chi connectivity index (χ0n) is 22.4. The monoisotopic (exact) mass is 494 g/mol. The molecule has 6 nitrogen and oxygen atoms in total. The topological polar surface area (TPSA) is 82.8 Å². The first-order valence-corrected chi connectivity index (χ1v) is 13.1. The summed E-state index contributed by atoms with van der Waals surface area (Å²) in [5, 5.41) is 0. The third-order valence-electron chi connectivity index (χ3n) is 10.4. The molecule has 0 bridgehead atoms. The Morgan fingerprint density at radius 1 is 1.06 bits per heavy atom. The van der Waals surface area contributed by atoms with E-state index in [0.29, 0.717) is 12.8 Å². The molecule has 0 N–H and O–H groups in total. The molecule has 0 unspecified atom stereocenters. The summed E-state index contributed by atoms with van der Waals surface area (Å²) in [6.45, 7) is 13.6. The van der Waals surface area contributed by atoms with E-state index in [0.717, 1.165) is 12.0 Å². The lowest BCUT2D eigenvalue weighted by molar-refractivity contribution is -0.216. The highest BCUT2D eigenvalue weighted by Crippen LogP contribution is 2.73. The molecule has 1 aromatic heterocycles. The largest absolute Gasteiger partial charge is 0.472 e. The van der Waals surface area contributed by atoms with E-state index in [4.69, 9.17) is 13.9 Å². The second-order valence-electron chi connectivity index (χ2n) is 12.7. The molecule has 0 aliphatic heterocycles. The van der Waals surface area contributed by atoms with Crippen LogP contribution in [0.5, 0.6) is 0 Å². The van der Waals surface area contributed by atoms with Gasteiger partial charge >= 0.3 is 11.9 Å². The van der Waals surface area contributed by atoms with Crippen molar-refractivity contribution in [3.05, 3.63) is 48.0 Å². The van der Waals surface area contributed by atoms with Gasteiger partial charge in [-0.3, -0.25) is 14.4 Å². The Hall–Kier alpha value is -2.63. The molecular formula is C30H38O6. The number of hydrogen-bond acceptors (Lipinski definition) is 6. The maximum Gasteiger partial charge on any atom is 0.302 e. The number of carbonyl (C=O) groups excluding carboxylic acids is 3. The quantitative estimate of drug-likeness (QED) is 0.391. The Labute approximate surface area is 213 Å². The summed E-state index contributed by atoms with van der Waals surface area (Å²) in [6.07, 6.45) is 10.8. The normalized spacial score (nSPS) is 42.6. The predicted octanol–water partition coefficient (Wildman–Crippen LogP) is 5.78.